The molecule has 0 saturated carbocycles. The predicted octanol–water partition coefficient (Wildman–Crippen LogP) is 3.24. The normalized spacial score (nSPS) is 11.0. The van der Waals surface area contributed by atoms with Crippen LogP contribution in [-0.2, 0) is 6.54 Å². The van der Waals surface area contributed by atoms with Crippen molar-refractivity contribution in [2.24, 2.45) is 0 Å². The third-order valence-corrected chi connectivity index (χ3v) is 4.29. The summed E-state index contributed by atoms with van der Waals surface area (Å²) in [6.07, 6.45) is 6.77. The fraction of sp³-hybridized carbons (Fsp3) is 0.150. The second-order valence-electron chi connectivity index (χ2n) is 6.02. The first-order valence-corrected chi connectivity index (χ1v) is 8.41. The van der Waals surface area contributed by atoms with E-state index in [0.717, 1.165) is 16.8 Å². The summed E-state index contributed by atoms with van der Waals surface area (Å²) in [5.74, 6) is 0. The molecule has 0 atom stereocenters. The van der Waals surface area contributed by atoms with E-state index in [4.69, 9.17) is 4.98 Å². The average Bonchev–Trinajstić information content (AvgIpc) is 2.69. The summed E-state index contributed by atoms with van der Waals surface area (Å²) >= 11 is 0. The molecule has 6 heteroatoms. The summed E-state index contributed by atoms with van der Waals surface area (Å²) in [5, 5.41) is 0.541. The minimum Gasteiger partial charge on any atom is -0.299 e. The molecular formula is C20H17N5O. The Kier molecular flexibility index (Phi) is 4.01. The summed E-state index contributed by atoms with van der Waals surface area (Å²) < 4.78 is 1.59. The van der Waals surface area contributed by atoms with Crippen LogP contribution in [-0.4, -0.2) is 24.5 Å². The van der Waals surface area contributed by atoms with Crippen molar-refractivity contribution in [2.75, 3.05) is 0 Å². The molecule has 0 spiro atoms. The number of hydrogen-bond acceptors (Lipinski definition) is 5. The number of pyridine rings is 3. The second kappa shape index (κ2) is 6.48. The highest BCUT2D eigenvalue weighted by Crippen LogP contribution is 2.28. The van der Waals surface area contributed by atoms with Gasteiger partial charge in [-0.15, -0.1) is 0 Å². The highest BCUT2D eigenvalue weighted by Gasteiger charge is 2.14. The molecule has 0 radical (unpaired) electrons. The van der Waals surface area contributed by atoms with Crippen LogP contribution in [0.25, 0.3) is 33.4 Å². The molecule has 26 heavy (non-hydrogen) atoms. The molecule has 4 aromatic heterocycles. The smallest absolute Gasteiger partial charge is 0.261 e. The molecule has 0 N–H and O–H groups in total. The van der Waals surface area contributed by atoms with Gasteiger partial charge >= 0.3 is 0 Å². The first kappa shape index (κ1) is 16.1. The van der Waals surface area contributed by atoms with Crippen LogP contribution in [0.5, 0.6) is 0 Å². The quantitative estimate of drug-likeness (QED) is 0.571. The molecule has 0 aromatic carbocycles. The molecule has 0 amide bonds. The molecule has 0 unspecified atom stereocenters. The third kappa shape index (κ3) is 2.75. The minimum atomic E-state index is -0.0774. The lowest BCUT2D eigenvalue weighted by Crippen LogP contribution is -2.20. The van der Waals surface area contributed by atoms with Crippen molar-refractivity contribution in [3.8, 4) is 22.5 Å². The molecule has 0 saturated heterocycles. The average molecular weight is 343 g/mol. The molecule has 0 aliphatic rings. The molecule has 4 heterocycles. The van der Waals surface area contributed by atoms with E-state index in [1.54, 1.807) is 35.6 Å². The van der Waals surface area contributed by atoms with Crippen LogP contribution in [0.3, 0.4) is 0 Å². The number of hydrogen-bond donors (Lipinski definition) is 0. The van der Waals surface area contributed by atoms with Crippen molar-refractivity contribution in [3.63, 3.8) is 0 Å². The van der Waals surface area contributed by atoms with E-state index in [1.807, 2.05) is 38.1 Å². The van der Waals surface area contributed by atoms with E-state index in [1.165, 1.54) is 0 Å². The van der Waals surface area contributed by atoms with E-state index in [9.17, 15) is 4.79 Å². The highest BCUT2D eigenvalue weighted by molar-refractivity contribution is 5.93. The third-order valence-electron chi connectivity index (χ3n) is 4.29. The van der Waals surface area contributed by atoms with Crippen molar-refractivity contribution in [1.29, 1.82) is 0 Å². The van der Waals surface area contributed by atoms with Gasteiger partial charge in [0.25, 0.3) is 5.56 Å². The highest BCUT2D eigenvalue weighted by atomic mass is 16.1. The van der Waals surface area contributed by atoms with Crippen molar-refractivity contribution in [1.82, 2.24) is 24.5 Å². The largest absolute Gasteiger partial charge is 0.299 e. The zero-order chi connectivity index (χ0) is 18.1. The van der Waals surface area contributed by atoms with Crippen LogP contribution in [0.2, 0.25) is 0 Å². The topological polar surface area (TPSA) is 73.6 Å². The number of nitrogens with zero attached hydrogens (tertiary/aromatic N) is 5. The Morgan fingerprint density at radius 2 is 1.96 bits per heavy atom. The Balaban J connectivity index is 2.06. The maximum Gasteiger partial charge on any atom is 0.261 e. The Bertz CT molecular complexity index is 1130. The number of aryl methyl sites for hydroxylation is 2. The fourth-order valence-corrected chi connectivity index (χ4v) is 2.86. The van der Waals surface area contributed by atoms with E-state index in [2.05, 4.69) is 15.0 Å². The van der Waals surface area contributed by atoms with Gasteiger partial charge < -0.3 is 0 Å². The lowest BCUT2D eigenvalue weighted by molar-refractivity contribution is 0.717. The summed E-state index contributed by atoms with van der Waals surface area (Å²) in [5.41, 5.74) is 4.44. The van der Waals surface area contributed by atoms with Crippen molar-refractivity contribution in [2.45, 2.75) is 20.4 Å². The van der Waals surface area contributed by atoms with Gasteiger partial charge in [-0.3, -0.25) is 19.3 Å². The summed E-state index contributed by atoms with van der Waals surface area (Å²) in [6.45, 7) is 4.42. The van der Waals surface area contributed by atoms with Gasteiger partial charge in [-0.1, -0.05) is 0 Å². The lowest BCUT2D eigenvalue weighted by atomic mass is 10.1. The second-order valence-corrected chi connectivity index (χ2v) is 6.02. The van der Waals surface area contributed by atoms with Gasteiger partial charge in [-0.25, -0.2) is 9.97 Å². The number of rotatable bonds is 3. The maximum atomic E-state index is 12.8. The Labute approximate surface area is 150 Å². The van der Waals surface area contributed by atoms with Gasteiger partial charge in [0.2, 0.25) is 0 Å². The first-order chi connectivity index (χ1) is 12.7. The number of fused-ring (bicyclic) bond motifs is 1. The zero-order valence-electron chi connectivity index (χ0n) is 14.5. The summed E-state index contributed by atoms with van der Waals surface area (Å²) in [4.78, 5) is 30.6. The van der Waals surface area contributed by atoms with E-state index >= 15 is 0 Å². The van der Waals surface area contributed by atoms with Crippen molar-refractivity contribution >= 4 is 10.9 Å². The molecular weight excluding hydrogens is 326 g/mol. The molecule has 4 rings (SSSR count). The SMILES string of the molecule is CCn1cnc2c(-c3cccnc3)nc(-c3ccc(C)nc3)cc2c1=O. The van der Waals surface area contributed by atoms with Crippen LogP contribution >= 0.6 is 0 Å². The Morgan fingerprint density at radius 1 is 1.08 bits per heavy atom. The molecule has 0 bridgehead atoms. The van der Waals surface area contributed by atoms with Gasteiger partial charge in [0.05, 0.1) is 23.1 Å². The predicted molar refractivity (Wildman–Crippen MR) is 101 cm³/mol. The van der Waals surface area contributed by atoms with Crippen LogP contribution in [0.1, 0.15) is 12.6 Å². The van der Waals surface area contributed by atoms with Gasteiger partial charge in [-0.05, 0) is 44.2 Å². The maximum absolute atomic E-state index is 12.8. The Morgan fingerprint density at radius 3 is 2.65 bits per heavy atom. The molecule has 0 aliphatic heterocycles. The summed E-state index contributed by atoms with van der Waals surface area (Å²) in [6, 6.07) is 9.44. The summed E-state index contributed by atoms with van der Waals surface area (Å²) in [7, 11) is 0. The number of aromatic nitrogens is 5. The van der Waals surface area contributed by atoms with Gasteiger partial charge in [0.1, 0.15) is 5.52 Å². The van der Waals surface area contributed by atoms with Gasteiger partial charge in [0.15, 0.2) is 0 Å². The molecule has 128 valence electrons. The van der Waals surface area contributed by atoms with Crippen LogP contribution in [0.4, 0.5) is 0 Å². The molecule has 0 aliphatic carbocycles. The van der Waals surface area contributed by atoms with Crippen LogP contribution in [0.15, 0.2) is 60.0 Å². The monoisotopic (exact) mass is 343 g/mol. The molecule has 4 aromatic rings. The van der Waals surface area contributed by atoms with Crippen LogP contribution in [0, 0.1) is 6.92 Å². The molecule has 6 nitrogen and oxygen atoms in total. The van der Waals surface area contributed by atoms with Gasteiger partial charge in [-0.2, -0.15) is 0 Å². The van der Waals surface area contributed by atoms with E-state index in [0.29, 0.717) is 28.8 Å². The fourth-order valence-electron chi connectivity index (χ4n) is 2.86. The van der Waals surface area contributed by atoms with Crippen LogP contribution < -0.4 is 5.56 Å². The van der Waals surface area contributed by atoms with Crippen molar-refractivity contribution < 1.29 is 0 Å². The van der Waals surface area contributed by atoms with E-state index < -0.39 is 0 Å². The lowest BCUT2D eigenvalue weighted by Gasteiger charge is -2.10. The molecule has 0 fully saturated rings. The standard InChI is InChI=1S/C20H17N5O/c1-3-25-12-23-19-16(20(25)26)9-17(14-7-6-13(2)22-11-14)24-18(19)15-5-4-8-21-10-15/h4-12H,3H2,1-2H3. The van der Waals surface area contributed by atoms with Gasteiger partial charge in [0, 0.05) is 42.0 Å². The van der Waals surface area contributed by atoms with Crippen molar-refractivity contribution in [3.05, 3.63) is 71.3 Å². The minimum absolute atomic E-state index is 0.0774. The first-order valence-electron chi connectivity index (χ1n) is 8.41. The zero-order valence-corrected chi connectivity index (χ0v) is 14.5. The van der Waals surface area contributed by atoms with E-state index in [-0.39, 0.29) is 5.56 Å². The Hall–Kier alpha value is -3.41.